The molecule has 6 nitrogen and oxygen atoms in total. The van der Waals surface area contributed by atoms with Gasteiger partial charge in [-0.05, 0) is 66.7 Å². The van der Waals surface area contributed by atoms with E-state index in [0.717, 1.165) is 0 Å². The predicted molar refractivity (Wildman–Crippen MR) is 117 cm³/mol. The Morgan fingerprint density at radius 3 is 2.37 bits per heavy atom. The molecule has 1 unspecified atom stereocenters. The molecule has 1 aliphatic rings. The van der Waals surface area contributed by atoms with E-state index >= 15 is 0 Å². The van der Waals surface area contributed by atoms with Gasteiger partial charge in [-0.3, -0.25) is 0 Å². The number of rotatable bonds is 6. The molecule has 0 bridgehead atoms. The van der Waals surface area contributed by atoms with Crippen LogP contribution in [0, 0.1) is 5.82 Å². The predicted octanol–water partition coefficient (Wildman–Crippen LogP) is 4.72. The second-order valence-electron chi connectivity index (χ2n) is 9.86. The maximum atomic E-state index is 13.9. The molecule has 0 heterocycles. The van der Waals surface area contributed by atoms with Crippen LogP contribution in [0.25, 0.3) is 0 Å². The molecule has 0 spiro atoms. The van der Waals surface area contributed by atoms with Crippen LogP contribution < -0.4 is 9.46 Å². The molecule has 1 saturated carbocycles. The number of benzene rings is 1. The second kappa shape index (κ2) is 9.22. The summed E-state index contributed by atoms with van der Waals surface area (Å²) in [6, 6.07) is 4.06. The molecular formula is C22H35FN2O4S. The molecule has 8 heteroatoms. The first-order valence-corrected chi connectivity index (χ1v) is 11.4. The average molecular weight is 443 g/mol. The Morgan fingerprint density at radius 2 is 1.83 bits per heavy atom. The number of amides is 1. The van der Waals surface area contributed by atoms with Crippen molar-refractivity contribution < 1.29 is 22.9 Å². The summed E-state index contributed by atoms with van der Waals surface area (Å²) in [7, 11) is 0.433. The van der Waals surface area contributed by atoms with E-state index < -0.39 is 21.3 Å². The number of carbonyl (C=O) groups excluding carboxylic acids is 1. The minimum Gasteiger partial charge on any atom is -0.490 e. The zero-order chi connectivity index (χ0) is 22.9. The number of nitrogens with zero attached hydrogens (tertiary/aromatic N) is 1. The van der Waals surface area contributed by atoms with Crippen molar-refractivity contribution in [2.45, 2.75) is 89.8 Å². The van der Waals surface area contributed by atoms with Gasteiger partial charge in [0.2, 0.25) is 0 Å². The number of halogens is 1. The maximum Gasteiger partial charge on any atom is 0.410 e. The molecule has 0 radical (unpaired) electrons. The summed E-state index contributed by atoms with van der Waals surface area (Å²) >= 11 is 0. The molecule has 1 aliphatic carbocycles. The summed E-state index contributed by atoms with van der Waals surface area (Å²) in [5, 5.41) is 0. The first kappa shape index (κ1) is 24.6. The van der Waals surface area contributed by atoms with E-state index in [4.69, 9.17) is 9.47 Å². The third kappa shape index (κ3) is 6.67. The highest BCUT2D eigenvalue weighted by atomic mass is 32.2. The van der Waals surface area contributed by atoms with Crippen molar-refractivity contribution in [3.63, 3.8) is 0 Å². The van der Waals surface area contributed by atoms with E-state index in [1.54, 1.807) is 18.0 Å². The molecule has 1 amide bonds. The van der Waals surface area contributed by atoms with Gasteiger partial charge in [0.15, 0.2) is 0 Å². The SMILES string of the molecule is C[C@@H](NS(=O)C(C)(C)C)c1cc(F)ccc1OC1CC(N(C)C(=O)OC(C)(C)C)C1. The second-order valence-corrected chi connectivity index (χ2v) is 11.9. The summed E-state index contributed by atoms with van der Waals surface area (Å²) in [6.07, 6.45) is 0.908. The number of carbonyl (C=O) groups is 1. The van der Waals surface area contributed by atoms with Crippen LogP contribution >= 0.6 is 0 Å². The van der Waals surface area contributed by atoms with Crippen LogP contribution in [-0.2, 0) is 15.7 Å². The normalized spacial score (nSPS) is 21.4. The molecule has 0 aliphatic heterocycles. The Morgan fingerprint density at radius 1 is 1.23 bits per heavy atom. The van der Waals surface area contributed by atoms with Crippen molar-refractivity contribution in [3.8, 4) is 5.75 Å². The van der Waals surface area contributed by atoms with E-state index in [9.17, 15) is 13.4 Å². The molecule has 30 heavy (non-hydrogen) atoms. The van der Waals surface area contributed by atoms with Gasteiger partial charge in [-0.15, -0.1) is 0 Å². The van der Waals surface area contributed by atoms with Crippen LogP contribution in [0.2, 0.25) is 0 Å². The molecule has 1 fully saturated rings. The van der Waals surface area contributed by atoms with Crippen molar-refractivity contribution in [2.75, 3.05) is 7.05 Å². The Labute approximate surface area is 182 Å². The third-order valence-corrected chi connectivity index (χ3v) is 6.55. The summed E-state index contributed by atoms with van der Waals surface area (Å²) in [6.45, 7) is 13.0. The van der Waals surface area contributed by atoms with Crippen LogP contribution in [0.4, 0.5) is 9.18 Å². The van der Waals surface area contributed by atoms with Crippen LogP contribution in [-0.4, -0.2) is 44.7 Å². The fraction of sp³-hybridized carbons (Fsp3) is 0.682. The van der Waals surface area contributed by atoms with E-state index in [1.807, 2.05) is 48.5 Å². The standard InChI is InChI=1S/C22H35FN2O4S/c1-14(24-30(27)22(5,6)7)18-11-15(23)9-10-19(18)28-17-12-16(13-17)25(8)20(26)29-21(2,3)4/h9-11,14,16-17,24H,12-13H2,1-8H3/t14-,16?,17?,30?/m1/s1. The lowest BCUT2D eigenvalue weighted by Crippen LogP contribution is -2.51. The molecule has 0 saturated heterocycles. The van der Waals surface area contributed by atoms with Gasteiger partial charge in [0.05, 0.1) is 15.7 Å². The van der Waals surface area contributed by atoms with Crippen LogP contribution in [0.5, 0.6) is 5.75 Å². The molecule has 1 aromatic carbocycles. The van der Waals surface area contributed by atoms with Crippen LogP contribution in [0.1, 0.15) is 72.9 Å². The minimum atomic E-state index is -1.30. The highest BCUT2D eigenvalue weighted by Gasteiger charge is 2.37. The van der Waals surface area contributed by atoms with Gasteiger partial charge in [0.1, 0.15) is 23.3 Å². The lowest BCUT2D eigenvalue weighted by Gasteiger charge is -2.41. The average Bonchev–Trinajstić information content (AvgIpc) is 2.55. The van der Waals surface area contributed by atoms with E-state index in [0.29, 0.717) is 24.2 Å². The number of hydrogen-bond donors (Lipinski definition) is 1. The van der Waals surface area contributed by atoms with Gasteiger partial charge in [0, 0.05) is 37.5 Å². The van der Waals surface area contributed by atoms with Crippen molar-refractivity contribution in [3.05, 3.63) is 29.6 Å². The molecule has 1 N–H and O–H groups in total. The molecule has 1 aromatic rings. The highest BCUT2D eigenvalue weighted by Crippen LogP contribution is 2.34. The third-order valence-electron chi connectivity index (χ3n) is 4.87. The lowest BCUT2D eigenvalue weighted by atomic mass is 9.88. The summed E-state index contributed by atoms with van der Waals surface area (Å²) in [5.74, 6) is 0.189. The number of nitrogens with one attached hydrogen (secondary N) is 1. The number of hydrogen-bond acceptors (Lipinski definition) is 4. The van der Waals surface area contributed by atoms with Crippen molar-refractivity contribution in [2.24, 2.45) is 0 Å². The van der Waals surface area contributed by atoms with E-state index in [2.05, 4.69) is 4.72 Å². The van der Waals surface area contributed by atoms with E-state index in [-0.39, 0.29) is 30.1 Å². The smallest absolute Gasteiger partial charge is 0.410 e. The largest absolute Gasteiger partial charge is 0.490 e. The van der Waals surface area contributed by atoms with Gasteiger partial charge in [-0.2, -0.15) is 0 Å². The molecule has 0 aromatic heterocycles. The first-order valence-electron chi connectivity index (χ1n) is 10.3. The van der Waals surface area contributed by atoms with Gasteiger partial charge >= 0.3 is 6.09 Å². The van der Waals surface area contributed by atoms with Crippen LogP contribution in [0.3, 0.4) is 0 Å². The molecule has 2 atom stereocenters. The fourth-order valence-corrected chi connectivity index (χ4v) is 3.78. The van der Waals surface area contributed by atoms with Gasteiger partial charge in [0.25, 0.3) is 0 Å². The van der Waals surface area contributed by atoms with Gasteiger partial charge in [-0.1, -0.05) is 0 Å². The van der Waals surface area contributed by atoms with Crippen molar-refractivity contribution >= 4 is 17.1 Å². The topological polar surface area (TPSA) is 67.9 Å². The minimum absolute atomic E-state index is 0.0395. The number of ether oxygens (including phenoxy) is 2. The maximum absolute atomic E-state index is 13.9. The van der Waals surface area contributed by atoms with Crippen molar-refractivity contribution in [1.82, 2.24) is 9.62 Å². The van der Waals surface area contributed by atoms with Gasteiger partial charge < -0.3 is 14.4 Å². The Bertz CT molecular complexity index is 782. The molecule has 2 rings (SSSR count). The zero-order valence-corrected chi connectivity index (χ0v) is 20.1. The zero-order valence-electron chi connectivity index (χ0n) is 19.2. The summed E-state index contributed by atoms with van der Waals surface area (Å²) < 4.78 is 40.4. The summed E-state index contributed by atoms with van der Waals surface area (Å²) in [5.41, 5.74) is 0.0844. The summed E-state index contributed by atoms with van der Waals surface area (Å²) in [4.78, 5) is 13.8. The quantitative estimate of drug-likeness (QED) is 0.692. The highest BCUT2D eigenvalue weighted by molar-refractivity contribution is 7.84. The van der Waals surface area contributed by atoms with Crippen molar-refractivity contribution in [1.29, 1.82) is 0 Å². The lowest BCUT2D eigenvalue weighted by molar-refractivity contribution is -0.00899. The first-order chi connectivity index (χ1) is 13.7. The van der Waals surface area contributed by atoms with Gasteiger partial charge in [-0.25, -0.2) is 18.1 Å². The monoisotopic (exact) mass is 442 g/mol. The van der Waals surface area contributed by atoms with Crippen LogP contribution in [0.15, 0.2) is 18.2 Å². The Hall–Kier alpha value is -1.67. The Kier molecular flexibility index (Phi) is 7.56. The molecular weight excluding hydrogens is 407 g/mol. The van der Waals surface area contributed by atoms with E-state index in [1.165, 1.54) is 12.1 Å². The fourth-order valence-electron chi connectivity index (χ4n) is 2.98. The molecule has 170 valence electrons. The Balaban J connectivity index is 2.00.